The molecule has 1 N–H and O–H groups in total. The van der Waals surface area contributed by atoms with Crippen molar-refractivity contribution in [2.45, 2.75) is 6.92 Å². The lowest BCUT2D eigenvalue weighted by Crippen LogP contribution is -1.95. The minimum Gasteiger partial charge on any atom is -0.361 e. The van der Waals surface area contributed by atoms with Gasteiger partial charge in [0.2, 0.25) is 5.13 Å². The number of aromatic nitrogens is 3. The Bertz CT molecular complexity index is 440. The molecule has 15 heavy (non-hydrogen) atoms. The van der Waals surface area contributed by atoms with Crippen LogP contribution in [0.4, 0.5) is 5.13 Å². The van der Waals surface area contributed by atoms with Crippen molar-refractivity contribution in [1.82, 2.24) is 14.3 Å². The number of pyridine rings is 1. The summed E-state index contributed by atoms with van der Waals surface area (Å²) in [7, 11) is 0. The van der Waals surface area contributed by atoms with Gasteiger partial charge in [0.15, 0.2) is 5.82 Å². The van der Waals surface area contributed by atoms with E-state index in [9.17, 15) is 0 Å². The van der Waals surface area contributed by atoms with E-state index in [1.54, 1.807) is 6.20 Å². The molecule has 0 aliphatic heterocycles. The van der Waals surface area contributed by atoms with Gasteiger partial charge in [-0.05, 0) is 35.0 Å². The molecule has 2 aromatic rings. The molecule has 0 fully saturated rings. The van der Waals surface area contributed by atoms with Crippen molar-refractivity contribution in [3.63, 3.8) is 0 Å². The largest absolute Gasteiger partial charge is 0.361 e. The molecule has 0 aliphatic carbocycles. The number of hydrogen-bond donors (Lipinski definition) is 1. The van der Waals surface area contributed by atoms with Crippen molar-refractivity contribution in [1.29, 1.82) is 0 Å². The first kappa shape index (κ1) is 10.5. The maximum atomic E-state index is 4.32. The second kappa shape index (κ2) is 4.67. The SMILES string of the molecule is CCNc1nc(-c2ccc(Br)cn2)ns1. The number of nitrogens with one attached hydrogen (secondary N) is 1. The first-order valence-electron chi connectivity index (χ1n) is 4.49. The molecule has 0 atom stereocenters. The molecule has 2 aromatic heterocycles. The van der Waals surface area contributed by atoms with Crippen LogP contribution in [0.5, 0.6) is 0 Å². The van der Waals surface area contributed by atoms with E-state index < -0.39 is 0 Å². The lowest BCUT2D eigenvalue weighted by Gasteiger charge is -1.94. The fraction of sp³-hybridized carbons (Fsp3) is 0.222. The zero-order valence-electron chi connectivity index (χ0n) is 8.07. The predicted octanol–water partition coefficient (Wildman–Crippen LogP) is 2.79. The lowest BCUT2D eigenvalue weighted by molar-refractivity contribution is 1.17. The predicted molar refractivity (Wildman–Crippen MR) is 65.0 cm³/mol. The van der Waals surface area contributed by atoms with Crippen LogP contribution in [0.25, 0.3) is 11.5 Å². The summed E-state index contributed by atoms with van der Waals surface area (Å²) in [6.07, 6.45) is 1.74. The summed E-state index contributed by atoms with van der Waals surface area (Å²) in [4.78, 5) is 8.55. The highest BCUT2D eigenvalue weighted by atomic mass is 79.9. The summed E-state index contributed by atoms with van der Waals surface area (Å²) in [5.41, 5.74) is 0.790. The minimum absolute atomic E-state index is 0.670. The van der Waals surface area contributed by atoms with Gasteiger partial charge in [-0.15, -0.1) is 0 Å². The van der Waals surface area contributed by atoms with Gasteiger partial charge >= 0.3 is 0 Å². The van der Waals surface area contributed by atoms with Crippen molar-refractivity contribution in [3.05, 3.63) is 22.8 Å². The Kier molecular flexibility index (Phi) is 3.27. The molecule has 0 saturated heterocycles. The highest BCUT2D eigenvalue weighted by molar-refractivity contribution is 9.10. The second-order valence-electron chi connectivity index (χ2n) is 2.82. The maximum Gasteiger partial charge on any atom is 0.202 e. The smallest absolute Gasteiger partial charge is 0.202 e. The van der Waals surface area contributed by atoms with Crippen LogP contribution in [0, 0.1) is 0 Å². The molecule has 0 amide bonds. The van der Waals surface area contributed by atoms with Crippen LogP contribution in [-0.2, 0) is 0 Å². The molecular weight excluding hydrogens is 276 g/mol. The third-order valence-electron chi connectivity index (χ3n) is 1.71. The summed E-state index contributed by atoms with van der Waals surface area (Å²) < 4.78 is 5.18. The Labute approximate surface area is 100 Å². The highest BCUT2D eigenvalue weighted by Gasteiger charge is 2.06. The molecule has 0 spiro atoms. The zero-order valence-corrected chi connectivity index (χ0v) is 10.5. The zero-order chi connectivity index (χ0) is 10.7. The van der Waals surface area contributed by atoms with Crippen LogP contribution >= 0.6 is 27.5 Å². The summed E-state index contributed by atoms with van der Waals surface area (Å²) >= 11 is 4.68. The summed E-state index contributed by atoms with van der Waals surface area (Å²) in [6.45, 7) is 2.88. The maximum absolute atomic E-state index is 4.32. The number of halogens is 1. The average Bonchev–Trinajstić information content (AvgIpc) is 2.68. The van der Waals surface area contributed by atoms with E-state index in [1.165, 1.54) is 11.5 Å². The number of rotatable bonds is 3. The standard InChI is InChI=1S/C9H9BrN4S/c1-2-11-9-13-8(14-15-9)7-4-3-6(10)5-12-7/h3-5H,2H2,1H3,(H,11,13,14). The van der Waals surface area contributed by atoms with E-state index in [0.29, 0.717) is 5.82 Å². The average molecular weight is 285 g/mol. The van der Waals surface area contributed by atoms with Crippen LogP contribution in [0.2, 0.25) is 0 Å². The number of nitrogens with zero attached hydrogens (tertiary/aromatic N) is 3. The van der Waals surface area contributed by atoms with E-state index in [-0.39, 0.29) is 0 Å². The fourth-order valence-electron chi connectivity index (χ4n) is 1.06. The third-order valence-corrected chi connectivity index (χ3v) is 2.85. The molecule has 2 rings (SSSR count). The quantitative estimate of drug-likeness (QED) is 0.942. The van der Waals surface area contributed by atoms with Gasteiger partial charge in [0.1, 0.15) is 5.69 Å². The topological polar surface area (TPSA) is 50.7 Å². The Hall–Kier alpha value is -1.01. The van der Waals surface area contributed by atoms with Crippen molar-refractivity contribution < 1.29 is 0 Å². The van der Waals surface area contributed by atoms with Gasteiger partial charge in [-0.2, -0.15) is 9.36 Å². The van der Waals surface area contributed by atoms with Crippen molar-refractivity contribution in [2.75, 3.05) is 11.9 Å². The van der Waals surface area contributed by atoms with Gasteiger partial charge in [0.25, 0.3) is 0 Å². The van der Waals surface area contributed by atoms with Crippen LogP contribution < -0.4 is 5.32 Å². The van der Waals surface area contributed by atoms with E-state index in [0.717, 1.165) is 21.8 Å². The highest BCUT2D eigenvalue weighted by Crippen LogP contribution is 2.20. The molecule has 0 aliphatic rings. The Balaban J connectivity index is 2.25. The number of anilines is 1. The molecule has 2 heterocycles. The third kappa shape index (κ3) is 2.51. The first-order valence-corrected chi connectivity index (χ1v) is 6.05. The monoisotopic (exact) mass is 284 g/mol. The summed E-state index contributed by atoms with van der Waals surface area (Å²) in [6, 6.07) is 3.82. The Morgan fingerprint density at radius 1 is 1.47 bits per heavy atom. The lowest BCUT2D eigenvalue weighted by atomic mass is 10.3. The minimum atomic E-state index is 0.670. The molecule has 0 aromatic carbocycles. The van der Waals surface area contributed by atoms with Crippen LogP contribution in [-0.4, -0.2) is 20.9 Å². The molecule has 4 nitrogen and oxygen atoms in total. The van der Waals surface area contributed by atoms with Gasteiger partial charge < -0.3 is 5.32 Å². The molecule has 0 radical (unpaired) electrons. The molecule has 0 saturated carbocycles. The van der Waals surface area contributed by atoms with Gasteiger partial charge in [-0.3, -0.25) is 4.98 Å². The molecular formula is C9H9BrN4S. The van der Waals surface area contributed by atoms with Gasteiger partial charge in [-0.1, -0.05) is 0 Å². The second-order valence-corrected chi connectivity index (χ2v) is 4.48. The number of hydrogen-bond acceptors (Lipinski definition) is 5. The Morgan fingerprint density at radius 2 is 2.33 bits per heavy atom. The van der Waals surface area contributed by atoms with E-state index >= 15 is 0 Å². The van der Waals surface area contributed by atoms with Crippen molar-refractivity contribution >= 4 is 32.6 Å². The Morgan fingerprint density at radius 3 is 3.00 bits per heavy atom. The van der Waals surface area contributed by atoms with E-state index in [1.807, 2.05) is 19.1 Å². The fourth-order valence-corrected chi connectivity index (χ4v) is 1.94. The normalized spacial score (nSPS) is 10.3. The molecule has 0 bridgehead atoms. The van der Waals surface area contributed by atoms with Crippen molar-refractivity contribution in [3.8, 4) is 11.5 Å². The van der Waals surface area contributed by atoms with Crippen LogP contribution in [0.15, 0.2) is 22.8 Å². The summed E-state index contributed by atoms with van der Waals surface area (Å²) in [5, 5.41) is 3.95. The van der Waals surface area contributed by atoms with E-state index in [4.69, 9.17) is 0 Å². The first-order chi connectivity index (χ1) is 7.29. The molecule has 0 unspecified atom stereocenters. The van der Waals surface area contributed by atoms with Gasteiger partial charge in [0, 0.05) is 28.7 Å². The van der Waals surface area contributed by atoms with Gasteiger partial charge in [0.05, 0.1) is 0 Å². The van der Waals surface area contributed by atoms with E-state index in [2.05, 4.69) is 35.6 Å². The van der Waals surface area contributed by atoms with Crippen molar-refractivity contribution in [2.24, 2.45) is 0 Å². The van der Waals surface area contributed by atoms with Crippen LogP contribution in [0.1, 0.15) is 6.92 Å². The summed E-state index contributed by atoms with van der Waals surface area (Å²) in [5.74, 6) is 0.670. The molecule has 78 valence electrons. The van der Waals surface area contributed by atoms with Crippen LogP contribution in [0.3, 0.4) is 0 Å². The molecule has 6 heteroatoms. The van der Waals surface area contributed by atoms with Gasteiger partial charge in [-0.25, -0.2) is 0 Å².